The molecule has 0 aliphatic carbocycles. The average Bonchev–Trinajstić information content (AvgIpc) is 2.17. The lowest BCUT2D eigenvalue weighted by molar-refractivity contribution is 0.0334. The fraction of sp³-hybridized carbons (Fsp3) is 0.364. The topological polar surface area (TPSA) is 26.3 Å². The van der Waals surface area contributed by atoms with E-state index in [0.29, 0.717) is 5.56 Å². The first kappa shape index (κ1) is 11.5. The first-order valence-electron chi connectivity index (χ1n) is 4.60. The maximum absolute atomic E-state index is 11.5. The van der Waals surface area contributed by atoms with Gasteiger partial charge in [0.25, 0.3) is 0 Å². The van der Waals surface area contributed by atoms with E-state index in [2.05, 4.69) is 22.6 Å². The molecule has 76 valence electrons. The normalized spacial score (nSPS) is 12.2. The Morgan fingerprint density at radius 1 is 1.57 bits per heavy atom. The number of hydrogen-bond donors (Lipinski definition) is 0. The molecule has 0 aliphatic rings. The van der Waals surface area contributed by atoms with Crippen molar-refractivity contribution in [2.75, 3.05) is 0 Å². The van der Waals surface area contributed by atoms with E-state index in [1.165, 1.54) is 0 Å². The molecule has 1 unspecified atom stereocenters. The second kappa shape index (κ2) is 5.34. The van der Waals surface area contributed by atoms with Crippen LogP contribution in [0.15, 0.2) is 24.3 Å². The Bertz CT molecular complexity index is 323. The molecule has 0 spiro atoms. The Balaban J connectivity index is 2.70. The first-order chi connectivity index (χ1) is 6.63. The highest BCUT2D eigenvalue weighted by atomic mass is 127. The molecule has 0 saturated heterocycles. The third kappa shape index (κ3) is 3.29. The van der Waals surface area contributed by atoms with Crippen LogP contribution in [0.25, 0.3) is 0 Å². The Morgan fingerprint density at radius 2 is 2.29 bits per heavy atom. The summed E-state index contributed by atoms with van der Waals surface area (Å²) in [6, 6.07) is 7.40. The summed E-state index contributed by atoms with van der Waals surface area (Å²) in [5.74, 6) is -0.238. The van der Waals surface area contributed by atoms with Crippen molar-refractivity contribution in [2.45, 2.75) is 26.4 Å². The lowest BCUT2D eigenvalue weighted by Gasteiger charge is -2.10. The summed E-state index contributed by atoms with van der Waals surface area (Å²) in [6.07, 6.45) is 0.829. The van der Waals surface area contributed by atoms with Gasteiger partial charge in [-0.1, -0.05) is 13.0 Å². The van der Waals surface area contributed by atoms with Gasteiger partial charge in [0, 0.05) is 3.57 Å². The maximum Gasteiger partial charge on any atom is 0.338 e. The third-order valence-corrected chi connectivity index (χ3v) is 2.61. The van der Waals surface area contributed by atoms with Crippen molar-refractivity contribution >= 4 is 28.6 Å². The van der Waals surface area contributed by atoms with Crippen molar-refractivity contribution < 1.29 is 9.53 Å². The molecule has 0 amide bonds. The zero-order valence-corrected chi connectivity index (χ0v) is 10.4. The lowest BCUT2D eigenvalue weighted by atomic mass is 10.2. The quantitative estimate of drug-likeness (QED) is 0.633. The van der Waals surface area contributed by atoms with Gasteiger partial charge in [-0.3, -0.25) is 0 Å². The Hall–Kier alpha value is -0.580. The molecule has 0 bridgehead atoms. The van der Waals surface area contributed by atoms with Crippen LogP contribution in [0.4, 0.5) is 0 Å². The number of rotatable bonds is 3. The molecule has 0 radical (unpaired) electrons. The highest BCUT2D eigenvalue weighted by Crippen LogP contribution is 2.10. The van der Waals surface area contributed by atoms with Crippen LogP contribution in [0.1, 0.15) is 30.6 Å². The molecule has 0 aromatic heterocycles. The van der Waals surface area contributed by atoms with Crippen molar-refractivity contribution in [1.29, 1.82) is 0 Å². The smallest absolute Gasteiger partial charge is 0.338 e. The van der Waals surface area contributed by atoms with Crippen LogP contribution in [0.3, 0.4) is 0 Å². The minimum atomic E-state index is -0.238. The van der Waals surface area contributed by atoms with Crippen molar-refractivity contribution in [3.8, 4) is 0 Å². The van der Waals surface area contributed by atoms with E-state index >= 15 is 0 Å². The summed E-state index contributed by atoms with van der Waals surface area (Å²) in [5.41, 5.74) is 0.622. The average molecular weight is 304 g/mol. The standard InChI is InChI=1S/C11H13IO2/c1-3-8(2)14-11(13)9-5-4-6-10(12)7-9/h4-8H,3H2,1-2H3. The monoisotopic (exact) mass is 304 g/mol. The van der Waals surface area contributed by atoms with E-state index in [-0.39, 0.29) is 12.1 Å². The van der Waals surface area contributed by atoms with Gasteiger partial charge in [-0.25, -0.2) is 4.79 Å². The molecule has 1 aromatic carbocycles. The van der Waals surface area contributed by atoms with Crippen molar-refractivity contribution in [1.82, 2.24) is 0 Å². The largest absolute Gasteiger partial charge is 0.459 e. The molecule has 1 atom stereocenters. The molecule has 1 aromatic rings. The summed E-state index contributed by atoms with van der Waals surface area (Å²) < 4.78 is 6.24. The van der Waals surface area contributed by atoms with Gasteiger partial charge in [0.15, 0.2) is 0 Å². The SMILES string of the molecule is CCC(C)OC(=O)c1cccc(I)c1. The van der Waals surface area contributed by atoms with Gasteiger partial charge in [-0.15, -0.1) is 0 Å². The molecular formula is C11H13IO2. The molecule has 2 nitrogen and oxygen atoms in total. The zero-order valence-electron chi connectivity index (χ0n) is 8.29. The predicted octanol–water partition coefficient (Wildman–Crippen LogP) is 3.25. The second-order valence-corrected chi connectivity index (χ2v) is 4.38. The number of carbonyl (C=O) groups is 1. The summed E-state index contributed by atoms with van der Waals surface area (Å²) in [6.45, 7) is 3.89. The van der Waals surface area contributed by atoms with E-state index in [1.807, 2.05) is 32.0 Å². The van der Waals surface area contributed by atoms with Crippen LogP contribution in [0.2, 0.25) is 0 Å². The van der Waals surface area contributed by atoms with Gasteiger partial charge in [0.05, 0.1) is 11.7 Å². The fourth-order valence-electron chi connectivity index (χ4n) is 0.950. The van der Waals surface area contributed by atoms with E-state index < -0.39 is 0 Å². The van der Waals surface area contributed by atoms with Crippen molar-refractivity contribution in [3.63, 3.8) is 0 Å². The zero-order chi connectivity index (χ0) is 10.6. The highest BCUT2D eigenvalue weighted by Gasteiger charge is 2.10. The van der Waals surface area contributed by atoms with Crippen LogP contribution in [0.5, 0.6) is 0 Å². The first-order valence-corrected chi connectivity index (χ1v) is 5.68. The van der Waals surface area contributed by atoms with Crippen LogP contribution in [0, 0.1) is 3.57 Å². The van der Waals surface area contributed by atoms with Crippen LogP contribution in [-0.2, 0) is 4.74 Å². The van der Waals surface area contributed by atoms with E-state index in [9.17, 15) is 4.79 Å². The minimum Gasteiger partial charge on any atom is -0.459 e. The molecule has 3 heteroatoms. The summed E-state index contributed by atoms with van der Waals surface area (Å²) >= 11 is 2.17. The fourth-order valence-corrected chi connectivity index (χ4v) is 1.49. The number of hydrogen-bond acceptors (Lipinski definition) is 2. The Labute approximate surface area is 97.8 Å². The van der Waals surface area contributed by atoms with Gasteiger partial charge in [0.2, 0.25) is 0 Å². The third-order valence-electron chi connectivity index (χ3n) is 1.94. The van der Waals surface area contributed by atoms with Crippen LogP contribution >= 0.6 is 22.6 Å². The number of esters is 1. The molecule has 0 fully saturated rings. The van der Waals surface area contributed by atoms with Gasteiger partial charge in [-0.2, -0.15) is 0 Å². The van der Waals surface area contributed by atoms with Gasteiger partial charge < -0.3 is 4.74 Å². The van der Waals surface area contributed by atoms with E-state index in [4.69, 9.17) is 4.74 Å². The second-order valence-electron chi connectivity index (χ2n) is 3.13. The van der Waals surface area contributed by atoms with E-state index in [1.54, 1.807) is 6.07 Å². The molecular weight excluding hydrogens is 291 g/mol. The lowest BCUT2D eigenvalue weighted by Crippen LogP contribution is -2.13. The molecule has 0 saturated carbocycles. The molecule has 0 heterocycles. The summed E-state index contributed by atoms with van der Waals surface area (Å²) in [4.78, 5) is 11.5. The Kier molecular flexibility index (Phi) is 4.38. The van der Waals surface area contributed by atoms with E-state index in [0.717, 1.165) is 9.99 Å². The Morgan fingerprint density at radius 3 is 2.86 bits per heavy atom. The molecule has 1 rings (SSSR count). The number of carbonyl (C=O) groups excluding carboxylic acids is 1. The highest BCUT2D eigenvalue weighted by molar-refractivity contribution is 14.1. The molecule has 14 heavy (non-hydrogen) atoms. The van der Waals surface area contributed by atoms with Gasteiger partial charge in [-0.05, 0) is 54.1 Å². The van der Waals surface area contributed by atoms with Crippen LogP contribution in [-0.4, -0.2) is 12.1 Å². The number of ether oxygens (including phenoxy) is 1. The van der Waals surface area contributed by atoms with Gasteiger partial charge in [0.1, 0.15) is 0 Å². The van der Waals surface area contributed by atoms with Crippen molar-refractivity contribution in [3.05, 3.63) is 33.4 Å². The molecule has 0 N–H and O–H groups in total. The minimum absolute atomic E-state index is 0.0135. The summed E-state index contributed by atoms with van der Waals surface area (Å²) in [7, 11) is 0. The van der Waals surface area contributed by atoms with Crippen LogP contribution < -0.4 is 0 Å². The number of halogens is 1. The predicted molar refractivity (Wildman–Crippen MR) is 64.3 cm³/mol. The number of benzene rings is 1. The van der Waals surface area contributed by atoms with Crippen molar-refractivity contribution in [2.24, 2.45) is 0 Å². The van der Waals surface area contributed by atoms with Gasteiger partial charge >= 0.3 is 5.97 Å². The molecule has 0 aliphatic heterocycles. The summed E-state index contributed by atoms with van der Waals surface area (Å²) in [5, 5.41) is 0. The maximum atomic E-state index is 11.5.